The molecule has 3 rings (SSSR count). The van der Waals surface area contributed by atoms with Crippen LogP contribution in [0, 0.1) is 0 Å². The maximum absolute atomic E-state index is 4.44. The van der Waals surface area contributed by atoms with Crippen molar-refractivity contribution in [3.8, 4) is 11.1 Å². The Morgan fingerprint density at radius 3 is 2.80 bits per heavy atom. The molecule has 0 saturated carbocycles. The highest BCUT2D eigenvalue weighted by Gasteiger charge is 2.05. The molecule has 0 bridgehead atoms. The Labute approximate surface area is 119 Å². The summed E-state index contributed by atoms with van der Waals surface area (Å²) in [6.07, 6.45) is 1.84. The third kappa shape index (κ3) is 2.56. The minimum atomic E-state index is 0.896. The number of aromatic nitrogens is 1. The standard InChI is InChI=1S/C18H18N2/c1-2-19-13-16-6-3-4-8-17(16)15-10-9-14-7-5-11-20-18(14)12-15/h3-12,19H,2,13H2,1H3. The van der Waals surface area contributed by atoms with Crippen LogP contribution < -0.4 is 5.32 Å². The Kier molecular flexibility index (Phi) is 3.75. The van der Waals surface area contributed by atoms with Crippen molar-refractivity contribution in [3.05, 3.63) is 66.4 Å². The lowest BCUT2D eigenvalue weighted by Gasteiger charge is -2.10. The highest BCUT2D eigenvalue weighted by Crippen LogP contribution is 2.26. The molecule has 1 aromatic heterocycles. The minimum absolute atomic E-state index is 0.896. The van der Waals surface area contributed by atoms with Gasteiger partial charge < -0.3 is 5.32 Å². The van der Waals surface area contributed by atoms with Gasteiger partial charge in [0.15, 0.2) is 0 Å². The van der Waals surface area contributed by atoms with Gasteiger partial charge in [-0.15, -0.1) is 0 Å². The Balaban J connectivity index is 2.06. The zero-order valence-corrected chi connectivity index (χ0v) is 11.6. The third-order valence-electron chi connectivity index (χ3n) is 3.50. The van der Waals surface area contributed by atoms with E-state index in [1.54, 1.807) is 0 Å². The first-order valence-electron chi connectivity index (χ1n) is 7.02. The number of hydrogen-bond acceptors (Lipinski definition) is 2. The number of hydrogen-bond donors (Lipinski definition) is 1. The minimum Gasteiger partial charge on any atom is -0.313 e. The normalized spacial score (nSPS) is 10.8. The molecule has 0 amide bonds. The molecule has 0 fully saturated rings. The van der Waals surface area contributed by atoms with Crippen molar-refractivity contribution in [2.45, 2.75) is 13.5 Å². The fourth-order valence-electron chi connectivity index (χ4n) is 2.45. The van der Waals surface area contributed by atoms with Crippen LogP contribution >= 0.6 is 0 Å². The average molecular weight is 262 g/mol. The summed E-state index contributed by atoms with van der Waals surface area (Å²) in [4.78, 5) is 4.44. The van der Waals surface area contributed by atoms with Gasteiger partial charge >= 0.3 is 0 Å². The Hall–Kier alpha value is -2.19. The summed E-state index contributed by atoms with van der Waals surface area (Å²) in [7, 11) is 0. The first-order valence-corrected chi connectivity index (χ1v) is 7.02. The summed E-state index contributed by atoms with van der Waals surface area (Å²) < 4.78 is 0. The summed E-state index contributed by atoms with van der Waals surface area (Å²) in [6.45, 7) is 4.00. The van der Waals surface area contributed by atoms with Crippen LogP contribution in [0.3, 0.4) is 0 Å². The van der Waals surface area contributed by atoms with Crippen LogP contribution in [0.25, 0.3) is 22.0 Å². The maximum Gasteiger partial charge on any atom is 0.0708 e. The molecule has 2 nitrogen and oxygen atoms in total. The lowest BCUT2D eigenvalue weighted by atomic mass is 9.98. The Morgan fingerprint density at radius 2 is 1.90 bits per heavy atom. The largest absolute Gasteiger partial charge is 0.313 e. The maximum atomic E-state index is 4.44. The molecule has 0 unspecified atom stereocenters. The molecule has 20 heavy (non-hydrogen) atoms. The molecule has 0 spiro atoms. The molecule has 1 heterocycles. The van der Waals surface area contributed by atoms with Crippen LogP contribution in [0.15, 0.2) is 60.8 Å². The molecule has 0 aliphatic rings. The summed E-state index contributed by atoms with van der Waals surface area (Å²) >= 11 is 0. The molecular formula is C18H18N2. The number of nitrogens with zero attached hydrogens (tertiary/aromatic N) is 1. The zero-order valence-electron chi connectivity index (χ0n) is 11.6. The number of rotatable bonds is 4. The smallest absolute Gasteiger partial charge is 0.0708 e. The van der Waals surface area contributed by atoms with E-state index in [-0.39, 0.29) is 0 Å². The van der Waals surface area contributed by atoms with Crippen molar-refractivity contribution in [1.82, 2.24) is 10.3 Å². The van der Waals surface area contributed by atoms with Gasteiger partial charge in [-0.05, 0) is 35.4 Å². The van der Waals surface area contributed by atoms with Crippen molar-refractivity contribution in [1.29, 1.82) is 0 Å². The quantitative estimate of drug-likeness (QED) is 0.768. The van der Waals surface area contributed by atoms with Gasteiger partial charge in [-0.3, -0.25) is 4.98 Å². The predicted octanol–water partition coefficient (Wildman–Crippen LogP) is 4.01. The zero-order chi connectivity index (χ0) is 13.8. The molecule has 0 aliphatic carbocycles. The highest BCUT2D eigenvalue weighted by atomic mass is 14.8. The van der Waals surface area contributed by atoms with E-state index >= 15 is 0 Å². The summed E-state index contributed by atoms with van der Waals surface area (Å²) in [6, 6.07) is 19.1. The van der Waals surface area contributed by atoms with Gasteiger partial charge in [0, 0.05) is 18.1 Å². The third-order valence-corrected chi connectivity index (χ3v) is 3.50. The van der Waals surface area contributed by atoms with Gasteiger partial charge in [-0.25, -0.2) is 0 Å². The second kappa shape index (κ2) is 5.85. The van der Waals surface area contributed by atoms with E-state index in [1.165, 1.54) is 22.1 Å². The fourth-order valence-corrected chi connectivity index (χ4v) is 2.45. The molecule has 0 radical (unpaired) electrons. The first-order chi connectivity index (χ1) is 9.88. The topological polar surface area (TPSA) is 24.9 Å². The van der Waals surface area contributed by atoms with E-state index in [1.807, 2.05) is 12.3 Å². The predicted molar refractivity (Wildman–Crippen MR) is 84.6 cm³/mol. The van der Waals surface area contributed by atoms with Crippen LogP contribution in [-0.2, 0) is 6.54 Å². The second-order valence-electron chi connectivity index (χ2n) is 4.85. The van der Waals surface area contributed by atoms with Crippen molar-refractivity contribution >= 4 is 10.9 Å². The van der Waals surface area contributed by atoms with Crippen LogP contribution in [0.5, 0.6) is 0 Å². The first kappa shape index (κ1) is 12.8. The average Bonchev–Trinajstić information content (AvgIpc) is 2.53. The van der Waals surface area contributed by atoms with Crippen molar-refractivity contribution in [2.24, 2.45) is 0 Å². The molecule has 0 aliphatic heterocycles. The van der Waals surface area contributed by atoms with E-state index in [4.69, 9.17) is 0 Å². The second-order valence-corrected chi connectivity index (χ2v) is 4.85. The summed E-state index contributed by atoms with van der Waals surface area (Å²) in [5, 5.41) is 4.58. The van der Waals surface area contributed by atoms with E-state index in [0.717, 1.165) is 18.6 Å². The number of benzene rings is 2. The number of fused-ring (bicyclic) bond motifs is 1. The van der Waals surface area contributed by atoms with Crippen LogP contribution in [0.4, 0.5) is 0 Å². The molecule has 2 heteroatoms. The van der Waals surface area contributed by atoms with Gasteiger partial charge in [0.25, 0.3) is 0 Å². The van der Waals surface area contributed by atoms with E-state index in [0.29, 0.717) is 0 Å². The monoisotopic (exact) mass is 262 g/mol. The molecule has 0 atom stereocenters. The van der Waals surface area contributed by atoms with Crippen LogP contribution in [0.1, 0.15) is 12.5 Å². The van der Waals surface area contributed by atoms with Crippen molar-refractivity contribution in [2.75, 3.05) is 6.54 Å². The Bertz CT molecular complexity index is 719. The number of pyridine rings is 1. The summed E-state index contributed by atoms with van der Waals surface area (Å²) in [5.41, 5.74) is 4.87. The van der Waals surface area contributed by atoms with Crippen LogP contribution in [-0.4, -0.2) is 11.5 Å². The SMILES string of the molecule is CCNCc1ccccc1-c1ccc2cccnc2c1. The highest BCUT2D eigenvalue weighted by molar-refractivity contribution is 5.84. The van der Waals surface area contributed by atoms with Gasteiger partial charge in [0.05, 0.1) is 5.52 Å². The molecule has 3 aromatic rings. The van der Waals surface area contributed by atoms with E-state index < -0.39 is 0 Å². The van der Waals surface area contributed by atoms with Gasteiger partial charge in [0.1, 0.15) is 0 Å². The van der Waals surface area contributed by atoms with Gasteiger partial charge in [0.2, 0.25) is 0 Å². The van der Waals surface area contributed by atoms with Crippen molar-refractivity contribution in [3.63, 3.8) is 0 Å². The van der Waals surface area contributed by atoms with E-state index in [2.05, 4.69) is 65.8 Å². The lowest BCUT2D eigenvalue weighted by Crippen LogP contribution is -2.12. The number of nitrogens with one attached hydrogen (secondary N) is 1. The van der Waals surface area contributed by atoms with E-state index in [9.17, 15) is 0 Å². The van der Waals surface area contributed by atoms with Gasteiger partial charge in [-0.1, -0.05) is 49.4 Å². The van der Waals surface area contributed by atoms with Crippen LogP contribution in [0.2, 0.25) is 0 Å². The van der Waals surface area contributed by atoms with Gasteiger partial charge in [-0.2, -0.15) is 0 Å². The Morgan fingerprint density at radius 1 is 1.00 bits per heavy atom. The lowest BCUT2D eigenvalue weighted by molar-refractivity contribution is 0.728. The molecule has 100 valence electrons. The summed E-state index contributed by atoms with van der Waals surface area (Å²) in [5.74, 6) is 0. The molecule has 1 N–H and O–H groups in total. The molecule has 0 saturated heterocycles. The van der Waals surface area contributed by atoms with Crippen molar-refractivity contribution < 1.29 is 0 Å². The molecular weight excluding hydrogens is 244 g/mol. The fraction of sp³-hybridized carbons (Fsp3) is 0.167. The molecule has 2 aromatic carbocycles.